The summed E-state index contributed by atoms with van der Waals surface area (Å²) in [6.07, 6.45) is 0. The highest BCUT2D eigenvalue weighted by molar-refractivity contribution is 7.22. The normalized spacial score (nSPS) is 10.8. The zero-order chi connectivity index (χ0) is 17.2. The van der Waals surface area contributed by atoms with Gasteiger partial charge in [-0.05, 0) is 12.1 Å². The van der Waals surface area contributed by atoms with Gasteiger partial charge in [0.2, 0.25) is 5.89 Å². The second-order valence-corrected chi connectivity index (χ2v) is 6.13. The van der Waals surface area contributed by atoms with Crippen molar-refractivity contribution < 1.29 is 13.9 Å². The first-order valence-electron chi connectivity index (χ1n) is 7.45. The summed E-state index contributed by atoms with van der Waals surface area (Å²) < 4.78 is 17.2. The molecule has 25 heavy (non-hydrogen) atoms. The van der Waals surface area contributed by atoms with Gasteiger partial charge in [-0.15, -0.1) is 5.10 Å². The topological polar surface area (TPSA) is 82.3 Å². The minimum Gasteiger partial charge on any atom is -0.493 e. The molecule has 8 heteroatoms. The van der Waals surface area contributed by atoms with Gasteiger partial charge in [0.25, 0.3) is 0 Å². The molecule has 0 unspecified atom stereocenters. The molecule has 0 fully saturated rings. The van der Waals surface area contributed by atoms with Crippen molar-refractivity contribution in [2.75, 3.05) is 19.5 Å². The molecule has 0 aliphatic heterocycles. The molecular formula is C17H14N4O3S. The molecule has 0 spiro atoms. The number of methoxy groups -OCH3 is 2. The first-order chi connectivity index (χ1) is 12.3. The molecule has 2 aromatic carbocycles. The van der Waals surface area contributed by atoms with E-state index in [1.54, 1.807) is 14.2 Å². The van der Waals surface area contributed by atoms with Crippen molar-refractivity contribution >= 4 is 32.7 Å². The molecule has 4 rings (SSSR count). The molecule has 1 N–H and O–H groups in total. The van der Waals surface area contributed by atoms with Crippen molar-refractivity contribution in [1.82, 2.24) is 15.2 Å². The fourth-order valence-corrected chi connectivity index (χ4v) is 3.24. The zero-order valence-electron chi connectivity index (χ0n) is 13.5. The number of rotatable bonds is 5. The van der Waals surface area contributed by atoms with Crippen LogP contribution in [0.1, 0.15) is 0 Å². The van der Waals surface area contributed by atoms with E-state index in [1.165, 1.54) is 11.3 Å². The second-order valence-electron chi connectivity index (χ2n) is 5.10. The lowest BCUT2D eigenvalue weighted by Crippen LogP contribution is -1.90. The van der Waals surface area contributed by atoms with Gasteiger partial charge in [0.15, 0.2) is 16.6 Å². The Morgan fingerprint density at radius 2 is 1.76 bits per heavy atom. The van der Waals surface area contributed by atoms with Gasteiger partial charge in [0.1, 0.15) is 0 Å². The summed E-state index contributed by atoms with van der Waals surface area (Å²) >= 11 is 1.46. The molecular weight excluding hydrogens is 340 g/mol. The smallest absolute Gasteiger partial charge is 0.322 e. The van der Waals surface area contributed by atoms with Gasteiger partial charge in [-0.2, -0.15) is 0 Å². The largest absolute Gasteiger partial charge is 0.493 e. The second kappa shape index (κ2) is 6.40. The highest BCUT2D eigenvalue weighted by atomic mass is 32.1. The Balaban J connectivity index is 1.62. The number of thiazole rings is 1. The number of aromatic nitrogens is 3. The van der Waals surface area contributed by atoms with E-state index >= 15 is 0 Å². The van der Waals surface area contributed by atoms with Gasteiger partial charge in [-0.3, -0.25) is 5.32 Å². The van der Waals surface area contributed by atoms with E-state index in [0.717, 1.165) is 15.8 Å². The van der Waals surface area contributed by atoms with Crippen LogP contribution in [-0.4, -0.2) is 29.4 Å². The van der Waals surface area contributed by atoms with Crippen LogP contribution in [0.2, 0.25) is 0 Å². The van der Waals surface area contributed by atoms with Crippen LogP contribution >= 0.6 is 11.3 Å². The van der Waals surface area contributed by atoms with Crippen LogP contribution in [-0.2, 0) is 0 Å². The lowest BCUT2D eigenvalue weighted by molar-refractivity contribution is 0.356. The highest BCUT2D eigenvalue weighted by Crippen LogP contribution is 2.36. The van der Waals surface area contributed by atoms with Crippen molar-refractivity contribution in [3.05, 3.63) is 42.5 Å². The number of hydrogen-bond acceptors (Lipinski definition) is 8. The fourth-order valence-electron chi connectivity index (χ4n) is 2.37. The standard InChI is InChI=1S/C17H14N4O3S/c1-22-12-8-11-14(9-13(12)23-2)25-17(18-11)19-16-21-20-15(24-16)10-6-4-3-5-7-10/h3-9H,1-2H3,(H,18,19,21). The van der Waals surface area contributed by atoms with Gasteiger partial charge in [-0.25, -0.2) is 4.98 Å². The maximum absolute atomic E-state index is 5.64. The lowest BCUT2D eigenvalue weighted by atomic mass is 10.2. The SMILES string of the molecule is COc1cc2nc(Nc3nnc(-c4ccccc4)o3)sc2cc1OC. The summed E-state index contributed by atoms with van der Waals surface area (Å²) in [7, 11) is 3.20. The van der Waals surface area contributed by atoms with Crippen molar-refractivity contribution in [3.8, 4) is 23.0 Å². The summed E-state index contributed by atoms with van der Waals surface area (Å²) in [5.41, 5.74) is 1.66. The van der Waals surface area contributed by atoms with Crippen molar-refractivity contribution in [2.24, 2.45) is 0 Å². The number of fused-ring (bicyclic) bond motifs is 1. The molecule has 126 valence electrons. The first kappa shape index (κ1) is 15.4. The van der Waals surface area contributed by atoms with E-state index in [-0.39, 0.29) is 6.01 Å². The minimum atomic E-state index is 0.289. The first-order valence-corrected chi connectivity index (χ1v) is 8.27. The van der Waals surface area contributed by atoms with Crippen LogP contribution in [0.5, 0.6) is 11.5 Å². The fraction of sp³-hybridized carbons (Fsp3) is 0.118. The van der Waals surface area contributed by atoms with Crippen LogP contribution in [0, 0.1) is 0 Å². The molecule has 2 heterocycles. The van der Waals surface area contributed by atoms with Crippen LogP contribution in [0.3, 0.4) is 0 Å². The van der Waals surface area contributed by atoms with Gasteiger partial charge >= 0.3 is 6.01 Å². The molecule has 2 aromatic heterocycles. The van der Waals surface area contributed by atoms with Gasteiger partial charge in [0.05, 0.1) is 24.4 Å². The van der Waals surface area contributed by atoms with Gasteiger partial charge in [-0.1, -0.05) is 34.6 Å². The predicted octanol–water partition coefficient (Wildman–Crippen LogP) is 4.11. The van der Waals surface area contributed by atoms with Crippen LogP contribution in [0.4, 0.5) is 11.1 Å². The Morgan fingerprint density at radius 3 is 2.52 bits per heavy atom. The Labute approximate surface area is 147 Å². The van der Waals surface area contributed by atoms with Crippen LogP contribution in [0.25, 0.3) is 21.7 Å². The molecule has 0 aliphatic carbocycles. The number of benzene rings is 2. The molecule has 0 radical (unpaired) electrons. The summed E-state index contributed by atoms with van der Waals surface area (Å²) in [5.74, 6) is 1.75. The van der Waals surface area contributed by atoms with E-state index in [0.29, 0.717) is 22.5 Å². The Morgan fingerprint density at radius 1 is 1.00 bits per heavy atom. The predicted molar refractivity (Wildman–Crippen MR) is 95.7 cm³/mol. The lowest BCUT2D eigenvalue weighted by Gasteiger charge is -2.05. The van der Waals surface area contributed by atoms with Crippen LogP contribution < -0.4 is 14.8 Å². The van der Waals surface area contributed by atoms with E-state index < -0.39 is 0 Å². The average Bonchev–Trinajstić information content (AvgIpc) is 3.27. The van der Waals surface area contributed by atoms with Crippen LogP contribution in [0.15, 0.2) is 46.9 Å². The molecule has 0 atom stereocenters. The minimum absolute atomic E-state index is 0.289. The number of anilines is 2. The Hall–Kier alpha value is -3.13. The van der Waals surface area contributed by atoms with E-state index in [2.05, 4.69) is 20.5 Å². The summed E-state index contributed by atoms with van der Waals surface area (Å²) in [6.45, 7) is 0. The molecule has 0 bridgehead atoms. The summed E-state index contributed by atoms with van der Waals surface area (Å²) in [5, 5.41) is 11.8. The Bertz CT molecular complexity index is 972. The number of nitrogens with zero attached hydrogens (tertiary/aromatic N) is 3. The maximum Gasteiger partial charge on any atom is 0.322 e. The summed E-state index contributed by atoms with van der Waals surface area (Å²) in [4.78, 5) is 4.52. The molecule has 4 aromatic rings. The third-order valence-corrected chi connectivity index (χ3v) is 4.49. The highest BCUT2D eigenvalue weighted by Gasteiger charge is 2.13. The van der Waals surface area contributed by atoms with Gasteiger partial charge in [0, 0.05) is 17.7 Å². The third-order valence-electron chi connectivity index (χ3n) is 3.55. The molecule has 0 saturated carbocycles. The number of ether oxygens (including phenoxy) is 2. The third kappa shape index (κ3) is 2.99. The van der Waals surface area contributed by atoms with E-state index in [1.807, 2.05) is 42.5 Å². The Kier molecular flexibility index (Phi) is 3.95. The molecule has 7 nitrogen and oxygen atoms in total. The maximum atomic E-state index is 5.64. The monoisotopic (exact) mass is 354 g/mol. The van der Waals surface area contributed by atoms with Crippen molar-refractivity contribution in [3.63, 3.8) is 0 Å². The number of hydrogen-bond donors (Lipinski definition) is 1. The molecule has 0 saturated heterocycles. The van der Waals surface area contributed by atoms with Crippen molar-refractivity contribution in [2.45, 2.75) is 0 Å². The molecule has 0 aliphatic rings. The quantitative estimate of drug-likeness (QED) is 0.577. The van der Waals surface area contributed by atoms with E-state index in [9.17, 15) is 0 Å². The molecule has 0 amide bonds. The van der Waals surface area contributed by atoms with Crippen molar-refractivity contribution in [1.29, 1.82) is 0 Å². The zero-order valence-corrected chi connectivity index (χ0v) is 14.3. The average molecular weight is 354 g/mol. The number of nitrogens with one attached hydrogen (secondary N) is 1. The van der Waals surface area contributed by atoms with Gasteiger partial charge < -0.3 is 13.9 Å². The summed E-state index contributed by atoms with van der Waals surface area (Å²) in [6, 6.07) is 13.6. The van der Waals surface area contributed by atoms with E-state index in [4.69, 9.17) is 13.9 Å².